The fourth-order valence-electron chi connectivity index (χ4n) is 1.57. The molecular formula is C13H17N2NaO4. The van der Waals surface area contributed by atoms with Crippen molar-refractivity contribution < 1.29 is 19.5 Å². The molecule has 1 aromatic carbocycles. The molecule has 0 aliphatic heterocycles. The van der Waals surface area contributed by atoms with E-state index in [1.54, 1.807) is 24.3 Å². The number of carboxylic acid groups (broad SMARTS) is 1. The van der Waals surface area contributed by atoms with Crippen molar-refractivity contribution in [3.63, 3.8) is 0 Å². The number of rotatable bonds is 7. The summed E-state index contributed by atoms with van der Waals surface area (Å²) in [7, 11) is 0. The molecule has 4 N–H and O–H groups in total. The third kappa shape index (κ3) is 7.28. The van der Waals surface area contributed by atoms with E-state index in [9.17, 15) is 14.4 Å². The zero-order chi connectivity index (χ0) is 14.3. The first-order chi connectivity index (χ1) is 8.99. The molecule has 104 valence electrons. The van der Waals surface area contributed by atoms with Gasteiger partial charge in [0.1, 0.15) is 6.04 Å². The van der Waals surface area contributed by atoms with Crippen molar-refractivity contribution in [2.24, 2.45) is 5.73 Å². The number of hydrogen-bond acceptors (Lipinski definition) is 3. The second kappa shape index (κ2) is 9.52. The van der Waals surface area contributed by atoms with Crippen molar-refractivity contribution >= 4 is 47.3 Å². The predicted molar refractivity (Wildman–Crippen MR) is 75.3 cm³/mol. The van der Waals surface area contributed by atoms with Gasteiger partial charge in [-0.25, -0.2) is 4.79 Å². The standard InChI is InChI=1S/C13H16N2O4.Na.H/c14-11(16)7-6-10(13(18)19)15-12(17)8-9-4-2-1-3-5-9;;/h1-5,10H,6-8H2,(H2,14,16)(H,15,17)(H,18,19);;. The monoisotopic (exact) mass is 288 g/mol. The van der Waals surface area contributed by atoms with Crippen LogP contribution < -0.4 is 11.1 Å². The number of hydrogen-bond donors (Lipinski definition) is 3. The van der Waals surface area contributed by atoms with Crippen LogP contribution in [-0.2, 0) is 20.8 Å². The summed E-state index contributed by atoms with van der Waals surface area (Å²) >= 11 is 0. The number of aliphatic carboxylic acids is 1. The predicted octanol–water partition coefficient (Wildman–Crippen LogP) is -0.585. The maximum atomic E-state index is 11.7. The first-order valence-corrected chi connectivity index (χ1v) is 5.83. The Kier molecular flexibility index (Phi) is 8.87. The second-order valence-corrected chi connectivity index (χ2v) is 4.13. The van der Waals surface area contributed by atoms with E-state index in [0.29, 0.717) is 0 Å². The summed E-state index contributed by atoms with van der Waals surface area (Å²) in [6, 6.07) is 7.88. The zero-order valence-electron chi connectivity index (χ0n) is 10.3. The van der Waals surface area contributed by atoms with Crippen LogP contribution in [0.4, 0.5) is 0 Å². The molecule has 1 atom stereocenters. The normalized spacial score (nSPS) is 11.0. The van der Waals surface area contributed by atoms with E-state index in [2.05, 4.69) is 5.32 Å². The average molecular weight is 288 g/mol. The average Bonchev–Trinajstić information content (AvgIpc) is 2.35. The first-order valence-electron chi connectivity index (χ1n) is 5.83. The van der Waals surface area contributed by atoms with Gasteiger partial charge in [0.15, 0.2) is 0 Å². The molecule has 20 heavy (non-hydrogen) atoms. The van der Waals surface area contributed by atoms with Gasteiger partial charge in [-0.15, -0.1) is 0 Å². The van der Waals surface area contributed by atoms with Gasteiger partial charge in [-0.1, -0.05) is 30.3 Å². The summed E-state index contributed by atoms with van der Waals surface area (Å²) in [4.78, 5) is 33.2. The second-order valence-electron chi connectivity index (χ2n) is 4.13. The molecule has 1 rings (SSSR count). The Labute approximate surface area is 139 Å². The molecule has 6 nitrogen and oxygen atoms in total. The van der Waals surface area contributed by atoms with Crippen molar-refractivity contribution in [2.45, 2.75) is 25.3 Å². The molecule has 1 unspecified atom stereocenters. The summed E-state index contributed by atoms with van der Waals surface area (Å²) in [5.41, 5.74) is 5.74. The van der Waals surface area contributed by atoms with Crippen LogP contribution in [0.1, 0.15) is 18.4 Å². The zero-order valence-corrected chi connectivity index (χ0v) is 10.3. The molecule has 0 radical (unpaired) electrons. The molecule has 2 amide bonds. The van der Waals surface area contributed by atoms with Gasteiger partial charge in [0.05, 0.1) is 6.42 Å². The van der Waals surface area contributed by atoms with Gasteiger partial charge in [-0.2, -0.15) is 0 Å². The molecule has 7 heteroatoms. The molecule has 0 aromatic heterocycles. The Hall–Kier alpha value is -1.37. The minimum absolute atomic E-state index is 0. The van der Waals surface area contributed by atoms with E-state index in [0.717, 1.165) is 5.56 Å². The molecule has 1 aromatic rings. The summed E-state index contributed by atoms with van der Waals surface area (Å²) < 4.78 is 0. The Morgan fingerprint density at radius 2 is 1.80 bits per heavy atom. The van der Waals surface area contributed by atoms with Crippen molar-refractivity contribution in [3.8, 4) is 0 Å². The van der Waals surface area contributed by atoms with Crippen molar-refractivity contribution in [1.29, 1.82) is 0 Å². The van der Waals surface area contributed by atoms with E-state index in [4.69, 9.17) is 10.8 Å². The van der Waals surface area contributed by atoms with Gasteiger partial charge in [-0.3, -0.25) is 9.59 Å². The Morgan fingerprint density at radius 3 is 2.30 bits per heavy atom. The number of carbonyl (C=O) groups excluding carboxylic acids is 2. The third-order valence-electron chi connectivity index (χ3n) is 2.52. The van der Waals surface area contributed by atoms with Crippen molar-refractivity contribution in [3.05, 3.63) is 35.9 Å². The number of nitrogens with two attached hydrogens (primary N) is 1. The molecule has 0 aliphatic carbocycles. The van der Waals surface area contributed by atoms with Crippen LogP contribution in [0, 0.1) is 0 Å². The van der Waals surface area contributed by atoms with Gasteiger partial charge in [-0.05, 0) is 12.0 Å². The summed E-state index contributed by atoms with van der Waals surface area (Å²) in [6.07, 6.45) is 0.00890. The van der Waals surface area contributed by atoms with Gasteiger partial charge in [0, 0.05) is 6.42 Å². The fraction of sp³-hybridized carbons (Fsp3) is 0.308. The first kappa shape index (κ1) is 18.6. The summed E-state index contributed by atoms with van der Waals surface area (Å²) in [5.74, 6) is -2.17. The van der Waals surface area contributed by atoms with Crippen LogP contribution in [0.15, 0.2) is 30.3 Å². The van der Waals surface area contributed by atoms with Crippen LogP contribution in [0.2, 0.25) is 0 Å². The van der Waals surface area contributed by atoms with Gasteiger partial charge in [0.2, 0.25) is 11.8 Å². The molecule has 0 saturated carbocycles. The maximum absolute atomic E-state index is 11.7. The molecule has 0 fully saturated rings. The molecule has 0 aliphatic rings. The quantitative estimate of drug-likeness (QED) is 0.583. The van der Waals surface area contributed by atoms with Crippen LogP contribution in [0.3, 0.4) is 0 Å². The van der Waals surface area contributed by atoms with Crippen LogP contribution in [-0.4, -0.2) is 58.5 Å². The molecule has 0 heterocycles. The third-order valence-corrected chi connectivity index (χ3v) is 2.52. The van der Waals surface area contributed by atoms with Crippen LogP contribution in [0.25, 0.3) is 0 Å². The topological polar surface area (TPSA) is 109 Å². The number of benzene rings is 1. The Morgan fingerprint density at radius 1 is 1.20 bits per heavy atom. The Bertz CT molecular complexity index is 465. The van der Waals surface area contributed by atoms with Gasteiger partial charge >= 0.3 is 35.5 Å². The Balaban J connectivity index is 0.00000361. The number of amides is 2. The van der Waals surface area contributed by atoms with Gasteiger partial charge in [0.25, 0.3) is 0 Å². The van der Waals surface area contributed by atoms with Crippen LogP contribution >= 0.6 is 0 Å². The minimum atomic E-state index is -1.18. The van der Waals surface area contributed by atoms with Crippen molar-refractivity contribution in [2.75, 3.05) is 0 Å². The van der Waals surface area contributed by atoms with E-state index >= 15 is 0 Å². The number of carbonyl (C=O) groups is 3. The molecule has 0 bridgehead atoms. The van der Waals surface area contributed by atoms with Gasteiger partial charge < -0.3 is 16.2 Å². The van der Waals surface area contributed by atoms with Crippen molar-refractivity contribution in [1.82, 2.24) is 5.32 Å². The van der Waals surface area contributed by atoms with E-state index < -0.39 is 23.8 Å². The number of nitrogens with one attached hydrogen (secondary N) is 1. The van der Waals surface area contributed by atoms with E-state index in [-0.39, 0.29) is 48.8 Å². The summed E-state index contributed by atoms with van der Waals surface area (Å²) in [6.45, 7) is 0. The van der Waals surface area contributed by atoms with E-state index in [1.165, 1.54) is 0 Å². The number of primary amides is 1. The van der Waals surface area contributed by atoms with Crippen LogP contribution in [0.5, 0.6) is 0 Å². The molecular weight excluding hydrogens is 271 g/mol. The molecule has 0 saturated heterocycles. The SMILES string of the molecule is NC(=O)CCC(NC(=O)Cc1ccccc1)C(=O)O.[NaH]. The summed E-state index contributed by atoms with van der Waals surface area (Å²) in [5, 5.41) is 11.3. The molecule has 0 spiro atoms. The number of carboxylic acids is 1. The van der Waals surface area contributed by atoms with E-state index in [1.807, 2.05) is 6.07 Å². The fourth-order valence-corrected chi connectivity index (χ4v) is 1.57.